The quantitative estimate of drug-likeness (QED) is 0.269. The van der Waals surface area contributed by atoms with Crippen LogP contribution in [0.25, 0.3) is 11.1 Å². The van der Waals surface area contributed by atoms with E-state index in [-0.39, 0.29) is 23.5 Å². The van der Waals surface area contributed by atoms with Gasteiger partial charge in [0, 0.05) is 11.7 Å². The summed E-state index contributed by atoms with van der Waals surface area (Å²) in [5, 5.41) is 12.3. The molecule has 0 unspecified atom stereocenters. The van der Waals surface area contributed by atoms with E-state index in [1.165, 1.54) is 11.8 Å². The minimum atomic E-state index is -1.10. The van der Waals surface area contributed by atoms with Crippen molar-refractivity contribution in [1.29, 1.82) is 0 Å². The van der Waals surface area contributed by atoms with Crippen LogP contribution >= 0.6 is 11.8 Å². The van der Waals surface area contributed by atoms with E-state index in [9.17, 15) is 14.7 Å². The van der Waals surface area contributed by atoms with E-state index in [1.807, 2.05) is 97.1 Å². The topological polar surface area (TPSA) is 75.6 Å². The van der Waals surface area contributed by atoms with Gasteiger partial charge in [-0.2, -0.15) is 0 Å². The van der Waals surface area contributed by atoms with Crippen molar-refractivity contribution in [3.05, 3.63) is 131 Å². The van der Waals surface area contributed by atoms with Crippen LogP contribution in [-0.2, 0) is 9.53 Å². The van der Waals surface area contributed by atoms with Crippen molar-refractivity contribution in [2.75, 3.05) is 12.4 Å². The van der Waals surface area contributed by atoms with E-state index in [4.69, 9.17) is 4.74 Å². The van der Waals surface area contributed by atoms with Crippen molar-refractivity contribution in [1.82, 2.24) is 5.32 Å². The number of carboxylic acid groups (broad SMARTS) is 1. The van der Waals surface area contributed by atoms with E-state index in [1.54, 1.807) is 0 Å². The predicted octanol–water partition coefficient (Wildman–Crippen LogP) is 6.50. The highest BCUT2D eigenvalue weighted by molar-refractivity contribution is 7.99. The molecule has 0 bridgehead atoms. The number of nitrogens with one attached hydrogen (secondary N) is 1. The largest absolute Gasteiger partial charge is 0.480 e. The Hall–Kier alpha value is -4.03. The molecule has 4 aromatic rings. The van der Waals surface area contributed by atoms with Gasteiger partial charge in [-0.3, -0.25) is 0 Å². The van der Waals surface area contributed by atoms with Crippen molar-refractivity contribution < 1.29 is 19.4 Å². The zero-order valence-electron chi connectivity index (χ0n) is 20.1. The molecule has 0 saturated carbocycles. The Kier molecular flexibility index (Phi) is 7.57. The first-order chi connectivity index (χ1) is 18.1. The molecule has 6 heteroatoms. The van der Waals surface area contributed by atoms with Crippen LogP contribution in [0.15, 0.2) is 109 Å². The molecule has 4 aromatic carbocycles. The molecule has 1 aliphatic carbocycles. The van der Waals surface area contributed by atoms with Crippen molar-refractivity contribution in [3.63, 3.8) is 0 Å². The highest BCUT2D eigenvalue weighted by Crippen LogP contribution is 2.44. The first-order valence-electron chi connectivity index (χ1n) is 12.2. The van der Waals surface area contributed by atoms with Crippen molar-refractivity contribution in [3.8, 4) is 11.1 Å². The predicted molar refractivity (Wildman–Crippen MR) is 147 cm³/mol. The third-order valence-electron chi connectivity index (χ3n) is 6.57. The van der Waals surface area contributed by atoms with Gasteiger partial charge in [-0.25, -0.2) is 9.59 Å². The Balaban J connectivity index is 1.24. The molecule has 0 heterocycles. The van der Waals surface area contributed by atoms with Crippen LogP contribution in [0.1, 0.15) is 33.4 Å². The third kappa shape index (κ3) is 5.54. The number of carbonyl (C=O) groups excluding carboxylic acids is 1. The van der Waals surface area contributed by atoms with Gasteiger partial charge in [-0.05, 0) is 33.4 Å². The summed E-state index contributed by atoms with van der Waals surface area (Å²) in [6, 6.07) is 35.0. The van der Waals surface area contributed by atoms with Gasteiger partial charge in [0.1, 0.15) is 12.6 Å². The number of ether oxygens (including phenoxy) is 1. The molecular formula is C31H27NO4S. The second-order valence-corrected chi connectivity index (χ2v) is 10.0. The number of benzene rings is 4. The molecule has 186 valence electrons. The fourth-order valence-corrected chi connectivity index (χ4v) is 6.10. The third-order valence-corrected chi connectivity index (χ3v) is 7.97. The number of aliphatic carboxylic acids is 1. The highest BCUT2D eigenvalue weighted by atomic mass is 32.2. The maximum absolute atomic E-state index is 12.7. The minimum absolute atomic E-state index is 0.0615. The van der Waals surface area contributed by atoms with Crippen molar-refractivity contribution in [2.45, 2.75) is 17.2 Å². The van der Waals surface area contributed by atoms with E-state index < -0.39 is 18.1 Å². The van der Waals surface area contributed by atoms with Gasteiger partial charge < -0.3 is 15.2 Å². The van der Waals surface area contributed by atoms with Gasteiger partial charge in [0.15, 0.2) is 0 Å². The number of amides is 1. The summed E-state index contributed by atoms with van der Waals surface area (Å²) < 4.78 is 5.57. The average molecular weight is 510 g/mol. The summed E-state index contributed by atoms with van der Waals surface area (Å²) in [5.74, 6) is -0.995. The lowest BCUT2D eigenvalue weighted by Crippen LogP contribution is -2.43. The lowest BCUT2D eigenvalue weighted by atomic mass is 9.98. The Morgan fingerprint density at radius 1 is 0.757 bits per heavy atom. The van der Waals surface area contributed by atoms with Crippen LogP contribution in [0.3, 0.4) is 0 Å². The second-order valence-electron chi connectivity index (χ2n) is 8.90. The highest BCUT2D eigenvalue weighted by Gasteiger charge is 2.30. The molecule has 5 nitrogen and oxygen atoms in total. The summed E-state index contributed by atoms with van der Waals surface area (Å²) in [5.41, 5.74) is 6.64. The SMILES string of the molecule is O=C(N[C@H](CSC(c1ccccc1)c1ccccc1)C(=O)O)OCC1c2ccccc2-c2ccccc21. The molecule has 1 amide bonds. The number of carbonyl (C=O) groups is 2. The first kappa shape index (κ1) is 24.7. The van der Waals surface area contributed by atoms with Crippen LogP contribution in [0.2, 0.25) is 0 Å². The Morgan fingerprint density at radius 2 is 1.24 bits per heavy atom. The fraction of sp³-hybridized carbons (Fsp3) is 0.161. The lowest BCUT2D eigenvalue weighted by molar-refractivity contribution is -0.138. The van der Waals surface area contributed by atoms with Gasteiger partial charge >= 0.3 is 12.1 Å². The van der Waals surface area contributed by atoms with E-state index in [2.05, 4.69) is 17.4 Å². The van der Waals surface area contributed by atoms with E-state index >= 15 is 0 Å². The molecule has 0 saturated heterocycles. The molecule has 0 aromatic heterocycles. The Morgan fingerprint density at radius 3 is 1.76 bits per heavy atom. The summed E-state index contributed by atoms with van der Waals surface area (Å²) in [6.07, 6.45) is -0.731. The molecule has 2 N–H and O–H groups in total. The Bertz CT molecular complexity index is 1290. The second kappa shape index (κ2) is 11.4. The van der Waals surface area contributed by atoms with Gasteiger partial charge in [-0.1, -0.05) is 109 Å². The Labute approximate surface area is 220 Å². The number of rotatable bonds is 9. The molecular weight excluding hydrogens is 482 g/mol. The number of hydrogen-bond acceptors (Lipinski definition) is 4. The van der Waals surface area contributed by atoms with Crippen LogP contribution in [0.5, 0.6) is 0 Å². The molecule has 1 aliphatic rings. The average Bonchev–Trinajstić information content (AvgIpc) is 3.26. The molecule has 0 spiro atoms. The number of thioether (sulfide) groups is 1. The van der Waals surface area contributed by atoms with Crippen LogP contribution in [0.4, 0.5) is 4.79 Å². The normalized spacial score (nSPS) is 13.0. The monoisotopic (exact) mass is 509 g/mol. The van der Waals surface area contributed by atoms with Crippen molar-refractivity contribution in [2.24, 2.45) is 0 Å². The standard InChI is InChI=1S/C31H27NO4S/c33-30(34)28(20-37-29(21-11-3-1-4-12-21)22-13-5-2-6-14-22)32-31(35)36-19-27-25-17-9-7-15-23(25)24-16-8-10-18-26(24)27/h1-18,27-29H,19-20H2,(H,32,35)(H,33,34)/t28-/m1/s1. The van der Waals surface area contributed by atoms with Gasteiger partial charge in [0.25, 0.3) is 0 Å². The van der Waals surface area contributed by atoms with E-state index in [0.29, 0.717) is 0 Å². The molecule has 5 rings (SSSR count). The molecule has 37 heavy (non-hydrogen) atoms. The summed E-state index contributed by atoms with van der Waals surface area (Å²) in [4.78, 5) is 24.7. The van der Waals surface area contributed by atoms with Gasteiger partial charge in [0.05, 0.1) is 5.25 Å². The van der Waals surface area contributed by atoms with Gasteiger partial charge in [0.2, 0.25) is 0 Å². The van der Waals surface area contributed by atoms with Crippen LogP contribution in [0, 0.1) is 0 Å². The van der Waals surface area contributed by atoms with Gasteiger partial charge in [-0.15, -0.1) is 11.8 Å². The lowest BCUT2D eigenvalue weighted by Gasteiger charge is -2.21. The first-order valence-corrected chi connectivity index (χ1v) is 13.2. The number of carboxylic acids is 1. The maximum atomic E-state index is 12.7. The molecule has 0 aliphatic heterocycles. The zero-order chi connectivity index (χ0) is 25.6. The van der Waals surface area contributed by atoms with Crippen molar-refractivity contribution >= 4 is 23.8 Å². The minimum Gasteiger partial charge on any atom is -0.480 e. The zero-order valence-corrected chi connectivity index (χ0v) is 20.9. The number of fused-ring (bicyclic) bond motifs is 3. The number of alkyl carbamates (subject to hydrolysis) is 1. The fourth-order valence-electron chi connectivity index (χ4n) is 4.79. The summed E-state index contributed by atoms with van der Waals surface area (Å²) in [7, 11) is 0. The van der Waals surface area contributed by atoms with Crippen LogP contribution in [-0.4, -0.2) is 35.6 Å². The van der Waals surface area contributed by atoms with Crippen LogP contribution < -0.4 is 5.32 Å². The molecule has 1 atom stereocenters. The number of hydrogen-bond donors (Lipinski definition) is 2. The smallest absolute Gasteiger partial charge is 0.407 e. The summed E-state index contributed by atoms with van der Waals surface area (Å²) in [6.45, 7) is 0.135. The van der Waals surface area contributed by atoms with E-state index in [0.717, 1.165) is 33.4 Å². The summed E-state index contributed by atoms with van der Waals surface area (Å²) >= 11 is 1.48. The maximum Gasteiger partial charge on any atom is 0.407 e. The molecule has 0 radical (unpaired) electrons. The molecule has 0 fully saturated rings.